The summed E-state index contributed by atoms with van der Waals surface area (Å²) < 4.78 is 69.7. The number of hydrogen-bond acceptors (Lipinski definition) is 6. The Labute approximate surface area is 246 Å². The Morgan fingerprint density at radius 1 is 1.21 bits per heavy atom. The highest BCUT2D eigenvalue weighted by molar-refractivity contribution is 6.34. The van der Waals surface area contributed by atoms with Crippen LogP contribution in [0.4, 0.5) is 27.6 Å². The van der Waals surface area contributed by atoms with E-state index >= 15 is 0 Å². The molecule has 0 spiro atoms. The molecule has 43 heavy (non-hydrogen) atoms. The number of carbonyl (C=O) groups is 3. The summed E-state index contributed by atoms with van der Waals surface area (Å²) in [7, 11) is 1.32. The zero-order valence-corrected chi connectivity index (χ0v) is 23.6. The van der Waals surface area contributed by atoms with E-state index in [2.05, 4.69) is 26.0 Å². The minimum absolute atomic E-state index is 0.0903. The first-order chi connectivity index (χ1) is 20.1. The number of nitrogens with zero attached hydrogens (tertiary/aromatic N) is 4. The molecule has 1 aliphatic heterocycles. The van der Waals surface area contributed by atoms with Gasteiger partial charge in [0.05, 0.1) is 28.0 Å². The summed E-state index contributed by atoms with van der Waals surface area (Å²) in [6, 6.07) is 2.84. The Morgan fingerprint density at radius 3 is 2.40 bits per heavy atom. The molecule has 1 atom stereocenters. The Hall–Kier alpha value is -4.05. The number of hydrogen-bond donors (Lipinski definition) is 4. The zero-order chi connectivity index (χ0) is 31.7. The number of rotatable bonds is 6. The average molecular weight is 632 g/mol. The van der Waals surface area contributed by atoms with Gasteiger partial charge < -0.3 is 25.6 Å². The minimum atomic E-state index is -4.92. The lowest BCUT2D eigenvalue weighted by molar-refractivity contribution is -0.141. The average Bonchev–Trinajstić information content (AvgIpc) is 3.21. The largest absolute Gasteiger partial charge is 0.483 e. The molecule has 232 valence electrons. The molecule has 3 aromatic rings. The number of nitrogens with one attached hydrogen (secondary N) is 3. The molecule has 11 nitrogen and oxygen atoms in total. The number of carboxylic acid groups (broad SMARTS) is 1. The molecule has 0 radical (unpaired) electrons. The van der Waals surface area contributed by atoms with Gasteiger partial charge >= 0.3 is 6.18 Å². The number of alkyl halides is 5. The summed E-state index contributed by atoms with van der Waals surface area (Å²) in [6.45, 7) is 3.26. The first-order valence-corrected chi connectivity index (χ1v) is 13.3. The van der Waals surface area contributed by atoms with Gasteiger partial charge in [-0.25, -0.2) is 13.8 Å². The van der Waals surface area contributed by atoms with Crippen LogP contribution < -0.4 is 16.0 Å². The third-order valence-corrected chi connectivity index (χ3v) is 7.49. The molecule has 2 fully saturated rings. The number of benzene rings is 1. The van der Waals surface area contributed by atoms with E-state index in [-0.39, 0.29) is 45.7 Å². The van der Waals surface area contributed by atoms with Crippen molar-refractivity contribution >= 4 is 35.6 Å². The Bertz CT molecular complexity index is 1530. The molecule has 17 heteroatoms. The molecule has 1 saturated carbocycles. The summed E-state index contributed by atoms with van der Waals surface area (Å²) in [5.74, 6) is -4.50. The second-order valence-corrected chi connectivity index (χ2v) is 10.8. The Kier molecular flexibility index (Phi) is 8.83. The highest BCUT2D eigenvalue weighted by atomic mass is 35.5. The maximum atomic E-state index is 13.7. The van der Waals surface area contributed by atoms with Crippen LogP contribution in [0.15, 0.2) is 30.6 Å². The summed E-state index contributed by atoms with van der Waals surface area (Å²) in [4.78, 5) is 38.1. The Morgan fingerprint density at radius 2 is 1.84 bits per heavy atom. The molecule has 1 aliphatic carbocycles. The van der Waals surface area contributed by atoms with E-state index in [1.54, 1.807) is 0 Å². The van der Waals surface area contributed by atoms with Gasteiger partial charge in [0.15, 0.2) is 11.5 Å². The van der Waals surface area contributed by atoms with Gasteiger partial charge in [0.1, 0.15) is 6.04 Å². The number of piperidine rings is 1. The summed E-state index contributed by atoms with van der Waals surface area (Å²) in [6.07, 6.45) is -2.08. The molecule has 0 bridgehead atoms. The second kappa shape index (κ2) is 11.9. The zero-order valence-electron chi connectivity index (χ0n) is 22.8. The van der Waals surface area contributed by atoms with Gasteiger partial charge in [-0.3, -0.25) is 19.1 Å². The van der Waals surface area contributed by atoms with Crippen LogP contribution in [0.2, 0.25) is 5.02 Å². The smallest absolute Gasteiger partial charge is 0.435 e. The van der Waals surface area contributed by atoms with Crippen LogP contribution >= 0.6 is 11.6 Å². The third-order valence-electron chi connectivity index (χ3n) is 7.17. The molecule has 1 saturated heterocycles. The van der Waals surface area contributed by atoms with Crippen LogP contribution in [-0.4, -0.2) is 67.3 Å². The SMILES string of the molecule is Cn1c(-c2cn(C3CC3(F)F)nc2C(F)(F)F)cnc1C(=O)Nc1ccc(C(=O)NC2(C)CCNCC2)c(Cl)c1.O=CO. The molecule has 1 unspecified atom stereocenters. The summed E-state index contributed by atoms with van der Waals surface area (Å²) in [5.41, 5.74) is -1.91. The predicted molar refractivity (Wildman–Crippen MR) is 144 cm³/mol. The van der Waals surface area contributed by atoms with E-state index in [4.69, 9.17) is 21.5 Å². The van der Waals surface area contributed by atoms with Crippen molar-refractivity contribution in [1.82, 2.24) is 30.0 Å². The number of halogens is 6. The standard InChI is InChI=1S/C25H25ClF5N7O2.CH2O2/c1-23(5-7-32-8-6-23)35-21(39)14-4-3-13(9-16(14)26)34-22(40)20-33-11-17(37(20)2)15-12-38(18-10-24(18,27)28)36-19(15)25(29,30)31;2-1-3/h3-4,9,11-12,18,32H,5-8,10H2,1-2H3,(H,34,40)(H,35,39);1H,(H,2,3). The van der Waals surface area contributed by atoms with Crippen molar-refractivity contribution in [1.29, 1.82) is 0 Å². The molecule has 3 heterocycles. The fourth-order valence-electron chi connectivity index (χ4n) is 4.71. The highest BCUT2D eigenvalue weighted by Crippen LogP contribution is 2.53. The Balaban J connectivity index is 0.00000135. The van der Waals surface area contributed by atoms with Crippen molar-refractivity contribution in [3.8, 4) is 11.3 Å². The van der Waals surface area contributed by atoms with Crippen molar-refractivity contribution in [2.45, 2.75) is 49.9 Å². The van der Waals surface area contributed by atoms with E-state index in [0.717, 1.165) is 42.9 Å². The van der Waals surface area contributed by atoms with Crippen molar-refractivity contribution in [3.63, 3.8) is 0 Å². The van der Waals surface area contributed by atoms with Crippen LogP contribution in [0.3, 0.4) is 0 Å². The number of anilines is 1. The van der Waals surface area contributed by atoms with E-state index in [1.165, 1.54) is 25.2 Å². The van der Waals surface area contributed by atoms with E-state index in [9.17, 15) is 31.5 Å². The first kappa shape index (κ1) is 31.9. The van der Waals surface area contributed by atoms with Crippen LogP contribution in [0.1, 0.15) is 58.9 Å². The molecular weight excluding hydrogens is 605 g/mol. The number of imidazole rings is 1. The second-order valence-electron chi connectivity index (χ2n) is 10.4. The predicted octanol–water partition coefficient (Wildman–Crippen LogP) is 4.36. The van der Waals surface area contributed by atoms with Crippen LogP contribution in [0.5, 0.6) is 0 Å². The van der Waals surface area contributed by atoms with Crippen LogP contribution in [0.25, 0.3) is 11.3 Å². The van der Waals surface area contributed by atoms with E-state index in [1.807, 2.05) is 6.92 Å². The maximum Gasteiger partial charge on any atom is 0.435 e. The van der Waals surface area contributed by atoms with Gasteiger partial charge in [0.25, 0.3) is 24.2 Å². The topological polar surface area (TPSA) is 143 Å². The number of amides is 2. The van der Waals surface area contributed by atoms with Gasteiger partial charge in [-0.15, -0.1) is 0 Å². The molecule has 4 N–H and O–H groups in total. The van der Waals surface area contributed by atoms with Crippen molar-refractivity contribution in [2.75, 3.05) is 18.4 Å². The molecule has 2 aliphatic rings. The van der Waals surface area contributed by atoms with E-state index in [0.29, 0.717) is 4.68 Å². The molecule has 5 rings (SSSR count). The third kappa shape index (κ3) is 6.96. The molecule has 2 aromatic heterocycles. The quantitative estimate of drug-likeness (QED) is 0.234. The van der Waals surface area contributed by atoms with Crippen molar-refractivity contribution in [3.05, 3.63) is 52.7 Å². The van der Waals surface area contributed by atoms with Crippen molar-refractivity contribution in [2.24, 2.45) is 7.05 Å². The monoisotopic (exact) mass is 631 g/mol. The lowest BCUT2D eigenvalue weighted by Crippen LogP contribution is -2.52. The van der Waals surface area contributed by atoms with Crippen LogP contribution in [0, 0.1) is 0 Å². The number of aromatic nitrogens is 4. The number of carbonyl (C=O) groups excluding carboxylic acids is 2. The van der Waals surface area contributed by atoms with Gasteiger partial charge in [0.2, 0.25) is 0 Å². The van der Waals surface area contributed by atoms with Gasteiger partial charge in [-0.05, 0) is 51.1 Å². The fourth-order valence-corrected chi connectivity index (χ4v) is 4.98. The maximum absolute atomic E-state index is 13.7. The van der Waals surface area contributed by atoms with Crippen molar-refractivity contribution < 1.29 is 41.4 Å². The normalized spacial score (nSPS) is 18.7. The first-order valence-electron chi connectivity index (χ1n) is 12.9. The molecular formula is C26H27ClF5N7O4. The lowest BCUT2D eigenvalue weighted by Gasteiger charge is -2.35. The summed E-state index contributed by atoms with van der Waals surface area (Å²) in [5, 5.41) is 19.1. The summed E-state index contributed by atoms with van der Waals surface area (Å²) >= 11 is 6.33. The van der Waals surface area contributed by atoms with E-state index < -0.39 is 41.7 Å². The van der Waals surface area contributed by atoms with Gasteiger partial charge in [-0.1, -0.05) is 11.6 Å². The van der Waals surface area contributed by atoms with Gasteiger partial charge in [-0.2, -0.15) is 18.3 Å². The molecule has 1 aromatic carbocycles. The minimum Gasteiger partial charge on any atom is -0.483 e. The van der Waals surface area contributed by atoms with Crippen LogP contribution in [-0.2, 0) is 18.0 Å². The van der Waals surface area contributed by atoms with Gasteiger partial charge in [0, 0.05) is 30.9 Å². The lowest BCUT2D eigenvalue weighted by atomic mass is 9.90. The molecule has 2 amide bonds. The fraction of sp³-hybridized carbons (Fsp3) is 0.423. The highest BCUT2D eigenvalue weighted by Gasteiger charge is 2.59.